The summed E-state index contributed by atoms with van der Waals surface area (Å²) >= 11 is 0. The highest BCUT2D eigenvalue weighted by Gasteiger charge is 2.66. The monoisotopic (exact) mass is 346 g/mol. The molecule has 3 aliphatic rings. The van der Waals surface area contributed by atoms with Gasteiger partial charge in [0.15, 0.2) is 17.9 Å². The van der Waals surface area contributed by atoms with Crippen molar-refractivity contribution in [3.05, 3.63) is 0 Å². The third-order valence-corrected chi connectivity index (χ3v) is 4.42. The molecule has 138 valence electrons. The molecule has 3 rings (SSSR count). The molecule has 0 bridgehead atoms. The van der Waals surface area contributed by atoms with E-state index >= 15 is 0 Å². The number of ether oxygens (including phenoxy) is 6. The third kappa shape index (κ3) is 3.18. The normalized spacial score (nSPS) is 42.9. The number of carbonyl (C=O) groups excluding carboxylic acids is 1. The molecule has 1 N–H and O–H groups in total. The Morgan fingerprint density at radius 1 is 1.12 bits per heavy atom. The van der Waals surface area contributed by atoms with E-state index < -0.39 is 47.7 Å². The first-order chi connectivity index (χ1) is 11.1. The molecule has 3 heterocycles. The standard InChI is InChI=1S/C16H26O8/c1-6-19-10(17)7-16(18)11(9-8-20-14(2,3)22-9)21-13-12(16)23-15(4,5)24-13/h9,11-13,18H,6-8H2,1-5H3/t9-,11-,12+,13-,16-/m1/s1. The Bertz CT molecular complexity index is 504. The maximum absolute atomic E-state index is 12.0. The van der Waals surface area contributed by atoms with Crippen molar-refractivity contribution in [1.82, 2.24) is 0 Å². The van der Waals surface area contributed by atoms with Crippen LogP contribution >= 0.6 is 0 Å². The van der Waals surface area contributed by atoms with E-state index in [1.54, 1.807) is 34.6 Å². The summed E-state index contributed by atoms with van der Waals surface area (Å²) in [6, 6.07) is 0. The lowest BCUT2D eigenvalue weighted by molar-refractivity contribution is -0.249. The minimum absolute atomic E-state index is 0.230. The van der Waals surface area contributed by atoms with Gasteiger partial charge in [0.05, 0.1) is 19.6 Å². The van der Waals surface area contributed by atoms with Gasteiger partial charge in [0.25, 0.3) is 0 Å². The lowest BCUT2D eigenvalue weighted by Gasteiger charge is -2.35. The molecule has 0 unspecified atom stereocenters. The van der Waals surface area contributed by atoms with Crippen LogP contribution in [0.2, 0.25) is 0 Å². The molecule has 3 fully saturated rings. The third-order valence-electron chi connectivity index (χ3n) is 4.42. The van der Waals surface area contributed by atoms with Gasteiger partial charge in [-0.05, 0) is 34.6 Å². The Morgan fingerprint density at radius 2 is 1.83 bits per heavy atom. The molecule has 0 aromatic heterocycles. The summed E-state index contributed by atoms with van der Waals surface area (Å²) in [5, 5.41) is 11.3. The summed E-state index contributed by atoms with van der Waals surface area (Å²) in [5.74, 6) is -2.21. The first-order valence-corrected chi connectivity index (χ1v) is 8.27. The first-order valence-electron chi connectivity index (χ1n) is 8.27. The van der Waals surface area contributed by atoms with Crippen LogP contribution in [0.3, 0.4) is 0 Å². The van der Waals surface area contributed by atoms with Crippen molar-refractivity contribution in [1.29, 1.82) is 0 Å². The molecule has 0 aromatic rings. The molecule has 0 radical (unpaired) electrons. The van der Waals surface area contributed by atoms with Gasteiger partial charge in [0, 0.05) is 0 Å². The Kier molecular flexibility index (Phi) is 4.43. The zero-order valence-corrected chi connectivity index (χ0v) is 14.7. The summed E-state index contributed by atoms with van der Waals surface area (Å²) in [6.07, 6.45) is -3.23. The number of hydrogen-bond donors (Lipinski definition) is 1. The lowest BCUT2D eigenvalue weighted by Crippen LogP contribution is -2.55. The average molecular weight is 346 g/mol. The van der Waals surface area contributed by atoms with Crippen LogP contribution in [0.5, 0.6) is 0 Å². The largest absolute Gasteiger partial charge is 0.466 e. The van der Waals surface area contributed by atoms with E-state index in [1.807, 2.05) is 0 Å². The summed E-state index contributed by atoms with van der Waals surface area (Å²) < 4.78 is 33.8. The van der Waals surface area contributed by atoms with Crippen LogP contribution in [0, 0.1) is 0 Å². The number of esters is 1. The maximum Gasteiger partial charge on any atom is 0.308 e. The molecule has 8 nitrogen and oxygen atoms in total. The highest BCUT2D eigenvalue weighted by atomic mass is 16.8. The van der Waals surface area contributed by atoms with Gasteiger partial charge in [0.2, 0.25) is 0 Å². The number of fused-ring (bicyclic) bond motifs is 1. The molecule has 3 aliphatic heterocycles. The number of hydrogen-bond acceptors (Lipinski definition) is 8. The van der Waals surface area contributed by atoms with E-state index in [9.17, 15) is 9.90 Å². The van der Waals surface area contributed by atoms with Crippen LogP contribution in [0.4, 0.5) is 0 Å². The molecule has 5 atom stereocenters. The topological polar surface area (TPSA) is 92.7 Å². The first kappa shape index (κ1) is 18.0. The molecular weight excluding hydrogens is 320 g/mol. The molecule has 0 aliphatic carbocycles. The quantitative estimate of drug-likeness (QED) is 0.744. The van der Waals surface area contributed by atoms with Crippen LogP contribution < -0.4 is 0 Å². The highest BCUT2D eigenvalue weighted by Crippen LogP contribution is 2.47. The van der Waals surface area contributed by atoms with Gasteiger partial charge in [-0.15, -0.1) is 0 Å². The molecule has 24 heavy (non-hydrogen) atoms. The SMILES string of the molecule is CCOC(=O)C[C@@]1(O)[C@@H]([C@H]2COC(C)(C)O2)O[C@@H]2OC(C)(C)O[C@@H]21. The second kappa shape index (κ2) is 5.89. The van der Waals surface area contributed by atoms with Crippen molar-refractivity contribution in [2.24, 2.45) is 0 Å². The average Bonchev–Trinajstić information content (AvgIpc) is 3.01. The predicted molar refractivity (Wildman–Crippen MR) is 79.8 cm³/mol. The van der Waals surface area contributed by atoms with E-state index in [1.165, 1.54) is 0 Å². The van der Waals surface area contributed by atoms with Crippen molar-refractivity contribution in [3.8, 4) is 0 Å². The predicted octanol–water partition coefficient (Wildman–Crippen LogP) is 0.699. The molecular formula is C16H26O8. The molecule has 3 saturated heterocycles. The van der Waals surface area contributed by atoms with E-state index in [-0.39, 0.29) is 19.6 Å². The molecule has 0 amide bonds. The maximum atomic E-state index is 12.0. The van der Waals surface area contributed by atoms with Crippen molar-refractivity contribution in [2.75, 3.05) is 13.2 Å². The van der Waals surface area contributed by atoms with Crippen molar-refractivity contribution in [2.45, 2.75) is 82.8 Å². The molecule has 0 aromatic carbocycles. The zero-order chi connectivity index (χ0) is 17.8. The fourth-order valence-corrected chi connectivity index (χ4v) is 3.51. The van der Waals surface area contributed by atoms with Crippen molar-refractivity contribution < 1.29 is 38.3 Å². The van der Waals surface area contributed by atoms with Gasteiger partial charge >= 0.3 is 5.97 Å². The molecule has 0 saturated carbocycles. The Hall–Kier alpha value is -0.770. The lowest BCUT2D eigenvalue weighted by atomic mass is 9.86. The molecule has 8 heteroatoms. The second-order valence-corrected chi connectivity index (χ2v) is 7.32. The van der Waals surface area contributed by atoms with Gasteiger partial charge in [-0.2, -0.15) is 0 Å². The van der Waals surface area contributed by atoms with Crippen LogP contribution in [-0.2, 0) is 33.2 Å². The Morgan fingerprint density at radius 3 is 2.42 bits per heavy atom. The van der Waals surface area contributed by atoms with Gasteiger partial charge in [-0.1, -0.05) is 0 Å². The fraction of sp³-hybridized carbons (Fsp3) is 0.938. The summed E-state index contributed by atoms with van der Waals surface area (Å²) in [6.45, 7) is 9.20. The van der Waals surface area contributed by atoms with E-state index in [0.29, 0.717) is 0 Å². The number of rotatable bonds is 4. The molecule has 0 spiro atoms. The van der Waals surface area contributed by atoms with E-state index in [4.69, 9.17) is 28.4 Å². The number of aliphatic hydroxyl groups is 1. The minimum Gasteiger partial charge on any atom is -0.466 e. The van der Waals surface area contributed by atoms with E-state index in [0.717, 1.165) is 0 Å². The summed E-state index contributed by atoms with van der Waals surface area (Å²) in [5.41, 5.74) is -1.63. The Balaban J connectivity index is 1.84. The second-order valence-electron chi connectivity index (χ2n) is 7.32. The van der Waals surface area contributed by atoms with Gasteiger partial charge in [-0.3, -0.25) is 4.79 Å². The Labute approximate surface area is 141 Å². The van der Waals surface area contributed by atoms with Crippen molar-refractivity contribution >= 4 is 5.97 Å². The van der Waals surface area contributed by atoms with Crippen LogP contribution in [0.15, 0.2) is 0 Å². The highest BCUT2D eigenvalue weighted by molar-refractivity contribution is 5.71. The summed E-state index contributed by atoms with van der Waals surface area (Å²) in [7, 11) is 0. The van der Waals surface area contributed by atoms with Gasteiger partial charge in [0.1, 0.15) is 23.9 Å². The smallest absolute Gasteiger partial charge is 0.308 e. The van der Waals surface area contributed by atoms with Crippen LogP contribution in [0.25, 0.3) is 0 Å². The minimum atomic E-state index is -1.63. The summed E-state index contributed by atoms with van der Waals surface area (Å²) in [4.78, 5) is 12.0. The van der Waals surface area contributed by atoms with Crippen LogP contribution in [-0.4, -0.2) is 66.1 Å². The van der Waals surface area contributed by atoms with Crippen LogP contribution in [0.1, 0.15) is 41.0 Å². The number of carbonyl (C=O) groups is 1. The zero-order valence-electron chi connectivity index (χ0n) is 14.7. The fourth-order valence-electron chi connectivity index (χ4n) is 3.51. The van der Waals surface area contributed by atoms with Gasteiger partial charge in [-0.25, -0.2) is 0 Å². The van der Waals surface area contributed by atoms with Crippen molar-refractivity contribution in [3.63, 3.8) is 0 Å². The van der Waals surface area contributed by atoms with Gasteiger partial charge < -0.3 is 33.5 Å². The van der Waals surface area contributed by atoms with E-state index in [2.05, 4.69) is 0 Å².